The molecule has 0 spiro atoms. The Morgan fingerprint density at radius 1 is 0.694 bits per heavy atom. The molecule has 1 aliphatic carbocycles. The van der Waals surface area contributed by atoms with Crippen LogP contribution in [0.15, 0.2) is 70.6 Å². The maximum atomic E-state index is 10.6. The van der Waals surface area contributed by atoms with E-state index in [9.17, 15) is 5.11 Å². The van der Waals surface area contributed by atoms with Crippen LogP contribution in [-0.2, 0) is 24.9 Å². The van der Waals surface area contributed by atoms with Crippen LogP contribution in [-0.4, -0.2) is 54.8 Å². The summed E-state index contributed by atoms with van der Waals surface area (Å²) in [5.74, 6) is 0. The van der Waals surface area contributed by atoms with E-state index in [-0.39, 0.29) is 0 Å². The second kappa shape index (κ2) is 16.7. The summed E-state index contributed by atoms with van der Waals surface area (Å²) in [5.41, 5.74) is 15.0. The Morgan fingerprint density at radius 3 is 1.67 bits per heavy atom. The molecule has 0 saturated carbocycles. The molecule has 0 fully saturated rings. The molecule has 49 heavy (non-hydrogen) atoms. The molecule has 0 aromatic heterocycles. The minimum absolute atomic E-state index is 0.680. The molecule has 0 radical (unpaired) electrons. The Morgan fingerprint density at radius 2 is 1.18 bits per heavy atom. The molecular formula is C43H55ClN4O. The summed E-state index contributed by atoms with van der Waals surface area (Å²) in [6, 6.07) is 21.7. The van der Waals surface area contributed by atoms with Crippen LogP contribution < -0.4 is 0 Å². The molecule has 5 nitrogen and oxygen atoms in total. The van der Waals surface area contributed by atoms with E-state index in [4.69, 9.17) is 11.6 Å². The lowest BCUT2D eigenvalue weighted by molar-refractivity contribution is 0.0594. The lowest BCUT2D eigenvalue weighted by atomic mass is 9.93. The van der Waals surface area contributed by atoms with Gasteiger partial charge in [-0.05, 0) is 160 Å². The summed E-state index contributed by atoms with van der Waals surface area (Å²) in [4.78, 5) is 13.3. The Bertz CT molecular complexity index is 1820. The van der Waals surface area contributed by atoms with E-state index >= 15 is 0 Å². The normalized spacial score (nSPS) is 15.4. The van der Waals surface area contributed by atoms with Crippen LogP contribution in [0, 0.1) is 34.6 Å². The first-order chi connectivity index (χ1) is 23.2. The molecule has 0 heterocycles. The largest absolute Gasteiger partial charge is 0.385 e. The highest BCUT2D eigenvalue weighted by atomic mass is 35.5. The van der Waals surface area contributed by atoms with E-state index in [0.29, 0.717) is 0 Å². The number of halogens is 1. The van der Waals surface area contributed by atoms with Gasteiger partial charge in [-0.2, -0.15) is 0 Å². The fraction of sp³-hybridized carbons (Fsp3) is 0.395. The minimum atomic E-state index is -0.680. The molecule has 0 amide bonds. The molecule has 1 aliphatic rings. The number of hydrogen-bond acceptors (Lipinski definition) is 3. The third-order valence-electron chi connectivity index (χ3n) is 9.76. The van der Waals surface area contributed by atoms with Crippen molar-refractivity contribution >= 4 is 35.7 Å². The van der Waals surface area contributed by atoms with Crippen molar-refractivity contribution in [3.8, 4) is 0 Å². The van der Waals surface area contributed by atoms with Crippen LogP contribution in [0.3, 0.4) is 0 Å². The molecule has 1 N–H and O–H groups in total. The van der Waals surface area contributed by atoms with Gasteiger partial charge in [0.25, 0.3) is 0 Å². The molecule has 4 aromatic rings. The van der Waals surface area contributed by atoms with E-state index in [1.165, 1.54) is 50.1 Å². The topological polar surface area (TPSA) is 51.4 Å². The number of aliphatic hydroxyl groups is 1. The SMILES string of the molecule is CCN(C)/C=N/c1cc(C)c(Cc2ccc3c(c2)C(C)(O)CC3)cc1C.CCN(C)/C=N\c1cc(C)c(Cc2ccc(C)c(Cl)c2)cc1C. The quantitative estimate of drug-likeness (QED) is 0.134. The molecule has 5 rings (SSSR count). The third kappa shape index (κ3) is 10.1. The van der Waals surface area contributed by atoms with Crippen LogP contribution >= 0.6 is 11.6 Å². The molecule has 0 bridgehead atoms. The Balaban J connectivity index is 0.000000223. The zero-order valence-corrected chi connectivity index (χ0v) is 32.0. The van der Waals surface area contributed by atoms with Crippen molar-refractivity contribution in [1.82, 2.24) is 9.80 Å². The number of fused-ring (bicyclic) bond motifs is 1. The summed E-state index contributed by atoms with van der Waals surface area (Å²) in [6.07, 6.45) is 7.36. The number of benzene rings is 4. The van der Waals surface area contributed by atoms with Crippen molar-refractivity contribution < 1.29 is 5.11 Å². The van der Waals surface area contributed by atoms with Gasteiger partial charge in [-0.15, -0.1) is 0 Å². The lowest BCUT2D eigenvalue weighted by Gasteiger charge is -2.18. The second-order valence-electron chi connectivity index (χ2n) is 14.0. The molecule has 6 heteroatoms. The van der Waals surface area contributed by atoms with E-state index in [1.54, 1.807) is 0 Å². The van der Waals surface area contributed by atoms with Gasteiger partial charge < -0.3 is 14.9 Å². The number of nitrogens with zero attached hydrogens (tertiary/aromatic N) is 4. The van der Waals surface area contributed by atoms with Crippen LogP contribution in [0.4, 0.5) is 11.4 Å². The van der Waals surface area contributed by atoms with Crippen molar-refractivity contribution in [3.63, 3.8) is 0 Å². The average Bonchev–Trinajstić information content (AvgIpc) is 3.37. The average molecular weight is 679 g/mol. The lowest BCUT2D eigenvalue weighted by Crippen LogP contribution is -2.16. The van der Waals surface area contributed by atoms with Crippen molar-refractivity contribution in [2.24, 2.45) is 9.98 Å². The van der Waals surface area contributed by atoms with Gasteiger partial charge in [0.2, 0.25) is 0 Å². The predicted molar refractivity (Wildman–Crippen MR) is 211 cm³/mol. The highest BCUT2D eigenvalue weighted by Crippen LogP contribution is 2.37. The van der Waals surface area contributed by atoms with Crippen LogP contribution in [0.1, 0.15) is 88.4 Å². The number of aryl methyl sites for hydroxylation is 6. The van der Waals surface area contributed by atoms with Gasteiger partial charge in [-0.25, -0.2) is 9.98 Å². The highest BCUT2D eigenvalue weighted by Gasteiger charge is 2.31. The fourth-order valence-corrected chi connectivity index (χ4v) is 6.22. The smallest absolute Gasteiger partial charge is 0.0909 e. The summed E-state index contributed by atoms with van der Waals surface area (Å²) in [6.45, 7) is 18.6. The van der Waals surface area contributed by atoms with Crippen molar-refractivity contribution in [3.05, 3.63) is 127 Å². The second-order valence-corrected chi connectivity index (χ2v) is 14.4. The molecular weight excluding hydrogens is 624 g/mol. The maximum Gasteiger partial charge on any atom is 0.0909 e. The van der Waals surface area contributed by atoms with Crippen molar-refractivity contribution in [2.45, 2.75) is 86.7 Å². The molecule has 0 saturated heterocycles. The Labute approximate surface area is 300 Å². The first kappa shape index (κ1) is 37.9. The van der Waals surface area contributed by atoms with Gasteiger partial charge in [-0.3, -0.25) is 0 Å². The third-order valence-corrected chi connectivity index (χ3v) is 10.2. The first-order valence-electron chi connectivity index (χ1n) is 17.5. The van der Waals surface area contributed by atoms with E-state index < -0.39 is 5.60 Å². The van der Waals surface area contributed by atoms with Gasteiger partial charge in [0.1, 0.15) is 0 Å². The van der Waals surface area contributed by atoms with Gasteiger partial charge in [0.05, 0.1) is 29.7 Å². The van der Waals surface area contributed by atoms with Gasteiger partial charge in [-0.1, -0.05) is 54.1 Å². The zero-order chi connectivity index (χ0) is 35.9. The van der Waals surface area contributed by atoms with E-state index in [2.05, 4.69) is 122 Å². The summed E-state index contributed by atoms with van der Waals surface area (Å²) >= 11 is 6.24. The number of rotatable bonds is 10. The Hall–Kier alpha value is -3.93. The highest BCUT2D eigenvalue weighted by molar-refractivity contribution is 6.31. The van der Waals surface area contributed by atoms with Gasteiger partial charge in [0.15, 0.2) is 0 Å². The van der Waals surface area contributed by atoms with Crippen LogP contribution in [0.5, 0.6) is 0 Å². The molecule has 260 valence electrons. The van der Waals surface area contributed by atoms with E-state index in [0.717, 1.165) is 66.3 Å². The van der Waals surface area contributed by atoms with Gasteiger partial charge >= 0.3 is 0 Å². The van der Waals surface area contributed by atoms with Gasteiger partial charge in [0, 0.05) is 32.2 Å². The fourth-order valence-electron chi connectivity index (χ4n) is 6.02. The first-order valence-corrected chi connectivity index (χ1v) is 17.9. The standard InChI is InChI=1S/C23H30N2O.C20H25ClN2/c1-6-25(5)15-24-22-12-16(2)20(11-17(22)3)13-18-7-8-19-9-10-23(4,26)21(19)14-18;1-6-23(5)13-22-20-10-15(3)18(9-16(20)4)11-17-8-7-14(2)19(21)12-17/h7-8,11-12,14-15,26H,6,9-10,13H2,1-5H3;7-10,12-13H,6,11H2,1-5H3/b24-15+;22-13-. The summed E-state index contributed by atoms with van der Waals surface area (Å²) < 4.78 is 0. The Kier molecular flexibility index (Phi) is 12.9. The summed E-state index contributed by atoms with van der Waals surface area (Å²) in [7, 11) is 4.06. The summed E-state index contributed by atoms with van der Waals surface area (Å²) in [5, 5.41) is 11.4. The zero-order valence-electron chi connectivity index (χ0n) is 31.3. The number of hydrogen-bond donors (Lipinski definition) is 1. The molecule has 1 atom stereocenters. The molecule has 0 aliphatic heterocycles. The molecule has 1 unspecified atom stereocenters. The van der Waals surface area contributed by atoms with Crippen molar-refractivity contribution in [2.75, 3.05) is 27.2 Å². The number of aliphatic imine (C=N–C) groups is 2. The predicted octanol–water partition coefficient (Wildman–Crippen LogP) is 10.1. The minimum Gasteiger partial charge on any atom is -0.385 e. The monoisotopic (exact) mass is 678 g/mol. The van der Waals surface area contributed by atoms with Crippen LogP contribution in [0.25, 0.3) is 0 Å². The maximum absolute atomic E-state index is 10.6. The van der Waals surface area contributed by atoms with Crippen LogP contribution in [0.2, 0.25) is 5.02 Å². The van der Waals surface area contributed by atoms with E-state index in [1.807, 2.05) is 40.6 Å². The van der Waals surface area contributed by atoms with Crippen molar-refractivity contribution in [1.29, 1.82) is 0 Å². The molecule has 4 aromatic carbocycles.